The van der Waals surface area contributed by atoms with E-state index in [1.165, 1.54) is 37.2 Å². The van der Waals surface area contributed by atoms with E-state index in [0.717, 1.165) is 0 Å². The van der Waals surface area contributed by atoms with Crippen molar-refractivity contribution in [3.05, 3.63) is 76.9 Å². The first-order chi connectivity index (χ1) is 21.0. The molecule has 1 aromatic heterocycles. The minimum absolute atomic E-state index is 0.0870. The topological polar surface area (TPSA) is 124 Å². The number of esters is 2. The molecule has 0 radical (unpaired) electrons. The predicted octanol–water partition coefficient (Wildman–Crippen LogP) is 3.92. The number of hydrogen-bond donors (Lipinski definition) is 0. The summed E-state index contributed by atoms with van der Waals surface area (Å²) in [5.41, 5.74) is 1.58. The summed E-state index contributed by atoms with van der Waals surface area (Å²) in [6.07, 6.45) is 1.61. The van der Waals surface area contributed by atoms with Gasteiger partial charge in [-0.05, 0) is 69.2 Å². The fourth-order valence-electron chi connectivity index (χ4n) is 4.58. The number of nitrogens with zero attached hydrogens (tertiary/aromatic N) is 2. The highest BCUT2D eigenvalue weighted by Crippen LogP contribution is 2.37. The van der Waals surface area contributed by atoms with Gasteiger partial charge in [-0.15, -0.1) is 0 Å². The van der Waals surface area contributed by atoms with E-state index in [1.54, 1.807) is 50.3 Å². The van der Waals surface area contributed by atoms with E-state index >= 15 is 0 Å². The third-order valence-corrected chi connectivity index (χ3v) is 8.20. The van der Waals surface area contributed by atoms with Crippen LogP contribution in [0.25, 0.3) is 6.08 Å². The Balaban J connectivity index is 1.88. The van der Waals surface area contributed by atoms with Gasteiger partial charge >= 0.3 is 11.9 Å². The van der Waals surface area contributed by atoms with E-state index < -0.39 is 18.0 Å². The lowest BCUT2D eigenvalue weighted by molar-refractivity contribution is -0.143. The van der Waals surface area contributed by atoms with Crippen LogP contribution in [0.1, 0.15) is 44.9 Å². The molecule has 44 heavy (non-hydrogen) atoms. The maximum Gasteiger partial charge on any atom is 0.343 e. The number of hydrogen-bond acceptors (Lipinski definition) is 11. The standard InChI is InChI=1S/C31H33BrN2O9S/c1-8-41-30(37)27-17(4)33-31-34(28(27)18-9-10-21(43-16(2)3)22(11-18)38-5)29(36)25(44-31)13-19-12-23(39-6)24(14-20(19)32)42-15-26(35)40-7/h9-14,16,28H,8,15H2,1-7H3/b25-13-/t28-/m1/s1. The molecule has 11 nitrogen and oxygen atoms in total. The minimum Gasteiger partial charge on any atom is -0.493 e. The summed E-state index contributed by atoms with van der Waals surface area (Å²) in [5, 5.41) is 0. The molecule has 13 heteroatoms. The molecule has 0 bridgehead atoms. The van der Waals surface area contributed by atoms with Gasteiger partial charge in [0.05, 0.1) is 55.9 Å². The van der Waals surface area contributed by atoms with Gasteiger partial charge in [-0.3, -0.25) is 9.36 Å². The molecule has 1 aliphatic heterocycles. The van der Waals surface area contributed by atoms with E-state index in [-0.39, 0.29) is 30.5 Å². The number of halogens is 1. The second-order valence-corrected chi connectivity index (χ2v) is 11.6. The third-order valence-electron chi connectivity index (χ3n) is 6.53. The largest absolute Gasteiger partial charge is 0.493 e. The van der Waals surface area contributed by atoms with Crippen LogP contribution in [-0.2, 0) is 19.1 Å². The van der Waals surface area contributed by atoms with Crippen molar-refractivity contribution in [3.8, 4) is 23.0 Å². The van der Waals surface area contributed by atoms with Gasteiger partial charge in [0, 0.05) is 4.47 Å². The zero-order valence-corrected chi connectivity index (χ0v) is 27.8. The van der Waals surface area contributed by atoms with Crippen molar-refractivity contribution in [2.75, 3.05) is 34.5 Å². The van der Waals surface area contributed by atoms with Gasteiger partial charge < -0.3 is 28.4 Å². The SMILES string of the molecule is CCOC(=O)C1=C(C)N=c2s/c(=C\c3cc(OC)c(OCC(=O)OC)cc3Br)c(=O)n2[C@@H]1c1ccc(OC(C)C)c(OC)c1. The van der Waals surface area contributed by atoms with E-state index in [4.69, 9.17) is 23.7 Å². The van der Waals surface area contributed by atoms with Crippen LogP contribution < -0.4 is 33.8 Å². The Labute approximate surface area is 266 Å². The molecule has 234 valence electrons. The number of benzene rings is 2. The average molecular weight is 690 g/mol. The molecule has 0 saturated carbocycles. The van der Waals surface area contributed by atoms with Crippen molar-refractivity contribution in [3.63, 3.8) is 0 Å². The van der Waals surface area contributed by atoms with Gasteiger partial charge in [0.25, 0.3) is 5.56 Å². The van der Waals surface area contributed by atoms with Crippen molar-refractivity contribution >= 4 is 45.3 Å². The smallest absolute Gasteiger partial charge is 0.343 e. The van der Waals surface area contributed by atoms with Crippen LogP contribution in [0.3, 0.4) is 0 Å². The summed E-state index contributed by atoms with van der Waals surface area (Å²) in [6.45, 7) is 7.12. The fourth-order valence-corrected chi connectivity index (χ4v) is 6.06. The Morgan fingerprint density at radius 1 is 1.07 bits per heavy atom. The molecule has 0 fully saturated rings. The number of carbonyl (C=O) groups is 2. The molecular weight excluding hydrogens is 656 g/mol. The lowest BCUT2D eigenvalue weighted by Gasteiger charge is -2.25. The van der Waals surface area contributed by atoms with Crippen molar-refractivity contribution in [1.29, 1.82) is 0 Å². The van der Waals surface area contributed by atoms with Gasteiger partial charge in [0.15, 0.2) is 34.4 Å². The average Bonchev–Trinajstić information content (AvgIpc) is 3.29. The summed E-state index contributed by atoms with van der Waals surface area (Å²) in [4.78, 5) is 43.9. The molecule has 0 saturated heterocycles. The van der Waals surface area contributed by atoms with Gasteiger partial charge in [-0.2, -0.15) is 0 Å². The van der Waals surface area contributed by atoms with Crippen LogP contribution in [0.2, 0.25) is 0 Å². The zero-order chi connectivity index (χ0) is 32.1. The molecule has 2 heterocycles. The van der Waals surface area contributed by atoms with Crippen molar-refractivity contribution in [2.45, 2.75) is 39.8 Å². The van der Waals surface area contributed by atoms with E-state index in [2.05, 4.69) is 25.7 Å². The summed E-state index contributed by atoms with van der Waals surface area (Å²) in [6, 6.07) is 7.81. The number of rotatable bonds is 11. The molecule has 0 unspecified atom stereocenters. The normalized spacial score (nSPS) is 14.6. The first-order valence-electron chi connectivity index (χ1n) is 13.6. The number of allylic oxidation sites excluding steroid dienone is 1. The van der Waals surface area contributed by atoms with E-state index in [9.17, 15) is 14.4 Å². The van der Waals surface area contributed by atoms with Crippen LogP contribution in [0.5, 0.6) is 23.0 Å². The van der Waals surface area contributed by atoms with E-state index in [1.807, 2.05) is 13.8 Å². The second kappa shape index (κ2) is 14.1. The summed E-state index contributed by atoms with van der Waals surface area (Å²) >= 11 is 4.71. The summed E-state index contributed by atoms with van der Waals surface area (Å²) in [5.74, 6) is 0.559. The molecule has 0 aliphatic carbocycles. The molecule has 3 aromatic rings. The van der Waals surface area contributed by atoms with Gasteiger partial charge in [0.1, 0.15) is 0 Å². The molecule has 0 N–H and O–H groups in total. The number of aromatic nitrogens is 1. The highest BCUT2D eigenvalue weighted by Gasteiger charge is 2.34. The Morgan fingerprint density at radius 2 is 1.77 bits per heavy atom. The Kier molecular flexibility index (Phi) is 10.5. The maximum absolute atomic E-state index is 14.1. The Hall–Kier alpha value is -4.10. The lowest BCUT2D eigenvalue weighted by Crippen LogP contribution is -2.40. The van der Waals surface area contributed by atoms with Gasteiger partial charge in [-0.25, -0.2) is 14.6 Å². The Bertz CT molecular complexity index is 1790. The van der Waals surface area contributed by atoms with Crippen LogP contribution >= 0.6 is 27.3 Å². The minimum atomic E-state index is -0.832. The van der Waals surface area contributed by atoms with Crippen LogP contribution in [0, 0.1) is 0 Å². The molecule has 1 atom stereocenters. The highest BCUT2D eigenvalue weighted by atomic mass is 79.9. The number of methoxy groups -OCH3 is 3. The Morgan fingerprint density at radius 3 is 2.41 bits per heavy atom. The van der Waals surface area contributed by atoms with Crippen LogP contribution in [0.15, 0.2) is 55.9 Å². The fraction of sp³-hybridized carbons (Fsp3) is 0.355. The van der Waals surface area contributed by atoms with Crippen LogP contribution in [0.4, 0.5) is 0 Å². The number of fused-ring (bicyclic) bond motifs is 1. The lowest BCUT2D eigenvalue weighted by atomic mass is 9.95. The molecule has 0 amide bonds. The number of carbonyl (C=O) groups excluding carboxylic acids is 2. The number of ether oxygens (including phenoxy) is 6. The number of thiazole rings is 1. The van der Waals surface area contributed by atoms with Crippen molar-refractivity contribution in [2.24, 2.45) is 4.99 Å². The third kappa shape index (κ3) is 6.83. The highest BCUT2D eigenvalue weighted by molar-refractivity contribution is 9.10. The van der Waals surface area contributed by atoms with Crippen molar-refractivity contribution < 1.29 is 38.0 Å². The second-order valence-electron chi connectivity index (χ2n) is 9.77. The van der Waals surface area contributed by atoms with Gasteiger partial charge in [-0.1, -0.05) is 33.3 Å². The molecule has 0 spiro atoms. The van der Waals surface area contributed by atoms with Crippen LogP contribution in [-0.4, -0.2) is 57.2 Å². The summed E-state index contributed by atoms with van der Waals surface area (Å²) < 4.78 is 35.0. The molecular formula is C31H33BrN2O9S. The summed E-state index contributed by atoms with van der Waals surface area (Å²) in [7, 11) is 4.27. The van der Waals surface area contributed by atoms with E-state index in [0.29, 0.717) is 53.6 Å². The monoisotopic (exact) mass is 688 g/mol. The molecule has 2 aromatic carbocycles. The predicted molar refractivity (Wildman–Crippen MR) is 167 cm³/mol. The van der Waals surface area contributed by atoms with Crippen molar-refractivity contribution in [1.82, 2.24) is 4.57 Å². The zero-order valence-electron chi connectivity index (χ0n) is 25.4. The first-order valence-corrected chi connectivity index (χ1v) is 15.2. The first kappa shape index (κ1) is 32.8. The molecule has 1 aliphatic rings. The maximum atomic E-state index is 14.1. The molecule has 4 rings (SSSR count). The quantitative estimate of drug-likeness (QED) is 0.276. The van der Waals surface area contributed by atoms with Gasteiger partial charge in [0.2, 0.25) is 0 Å².